The van der Waals surface area contributed by atoms with Crippen LogP contribution in [-0.4, -0.2) is 23.5 Å². The SMILES string of the molecule is C[C@H](NC(=O)Nc1cccc(N2CCCCC2=O)c1)c1cccnc1. The number of carbonyl (C=O) groups is 2. The van der Waals surface area contributed by atoms with Gasteiger partial charge in [-0.15, -0.1) is 0 Å². The summed E-state index contributed by atoms with van der Waals surface area (Å²) >= 11 is 0. The van der Waals surface area contributed by atoms with E-state index in [1.807, 2.05) is 43.3 Å². The van der Waals surface area contributed by atoms with Crippen LogP contribution in [-0.2, 0) is 4.79 Å². The Morgan fingerprint density at radius 2 is 2.12 bits per heavy atom. The largest absolute Gasteiger partial charge is 0.331 e. The highest BCUT2D eigenvalue weighted by Gasteiger charge is 2.19. The normalized spacial score (nSPS) is 15.6. The van der Waals surface area contributed by atoms with Gasteiger partial charge in [0.25, 0.3) is 0 Å². The van der Waals surface area contributed by atoms with Crippen LogP contribution in [0.25, 0.3) is 0 Å². The van der Waals surface area contributed by atoms with Crippen molar-refractivity contribution < 1.29 is 9.59 Å². The van der Waals surface area contributed by atoms with Crippen LogP contribution in [0, 0.1) is 0 Å². The highest BCUT2D eigenvalue weighted by molar-refractivity contribution is 5.95. The highest BCUT2D eigenvalue weighted by Crippen LogP contribution is 2.24. The van der Waals surface area contributed by atoms with Crippen LogP contribution in [0.5, 0.6) is 0 Å². The minimum atomic E-state index is -0.293. The molecule has 3 amide bonds. The first-order valence-corrected chi connectivity index (χ1v) is 8.51. The monoisotopic (exact) mass is 338 g/mol. The zero-order valence-corrected chi connectivity index (χ0v) is 14.2. The minimum absolute atomic E-state index is 0.137. The first-order chi connectivity index (χ1) is 12.1. The Morgan fingerprint density at radius 1 is 1.24 bits per heavy atom. The number of carbonyl (C=O) groups excluding carboxylic acids is 2. The van der Waals surface area contributed by atoms with Crippen molar-refractivity contribution in [3.63, 3.8) is 0 Å². The van der Waals surface area contributed by atoms with Crippen LogP contribution < -0.4 is 15.5 Å². The van der Waals surface area contributed by atoms with Crippen molar-refractivity contribution in [2.75, 3.05) is 16.8 Å². The van der Waals surface area contributed by atoms with Gasteiger partial charge < -0.3 is 15.5 Å². The number of piperidine rings is 1. The minimum Gasteiger partial charge on any atom is -0.331 e. The maximum atomic E-state index is 12.2. The average Bonchev–Trinajstić information content (AvgIpc) is 2.63. The molecule has 2 N–H and O–H groups in total. The Kier molecular flexibility index (Phi) is 5.28. The Hall–Kier alpha value is -2.89. The van der Waals surface area contributed by atoms with Crippen molar-refractivity contribution in [3.05, 3.63) is 54.4 Å². The summed E-state index contributed by atoms with van der Waals surface area (Å²) in [6.07, 6.45) is 5.96. The summed E-state index contributed by atoms with van der Waals surface area (Å²) in [5, 5.41) is 5.71. The van der Waals surface area contributed by atoms with Gasteiger partial charge in [-0.3, -0.25) is 9.78 Å². The van der Waals surface area contributed by atoms with Crippen LogP contribution >= 0.6 is 0 Å². The second kappa shape index (κ2) is 7.79. The van der Waals surface area contributed by atoms with Gasteiger partial charge in [-0.05, 0) is 49.6 Å². The van der Waals surface area contributed by atoms with E-state index in [2.05, 4.69) is 15.6 Å². The molecule has 6 nitrogen and oxygen atoms in total. The quantitative estimate of drug-likeness (QED) is 0.896. The van der Waals surface area contributed by atoms with Crippen molar-refractivity contribution in [3.8, 4) is 0 Å². The molecular formula is C19H22N4O2. The molecule has 0 unspecified atom stereocenters. The van der Waals surface area contributed by atoms with E-state index in [9.17, 15) is 9.59 Å². The number of amides is 3. The van der Waals surface area contributed by atoms with E-state index >= 15 is 0 Å². The molecule has 0 saturated carbocycles. The van der Waals surface area contributed by atoms with Gasteiger partial charge in [0.15, 0.2) is 0 Å². The predicted molar refractivity (Wildman–Crippen MR) is 97.5 cm³/mol. The Balaban J connectivity index is 1.63. The van der Waals surface area contributed by atoms with E-state index in [-0.39, 0.29) is 18.0 Å². The van der Waals surface area contributed by atoms with Crippen LogP contribution in [0.3, 0.4) is 0 Å². The summed E-state index contributed by atoms with van der Waals surface area (Å²) in [4.78, 5) is 30.1. The first kappa shape index (κ1) is 17.0. The molecule has 1 aromatic heterocycles. The molecule has 25 heavy (non-hydrogen) atoms. The van der Waals surface area contributed by atoms with Gasteiger partial charge in [0.1, 0.15) is 0 Å². The topological polar surface area (TPSA) is 74.3 Å². The summed E-state index contributed by atoms with van der Waals surface area (Å²) in [5.74, 6) is 0.137. The Labute approximate surface area is 147 Å². The lowest BCUT2D eigenvalue weighted by molar-refractivity contribution is -0.119. The van der Waals surface area contributed by atoms with Gasteiger partial charge in [-0.1, -0.05) is 12.1 Å². The van der Waals surface area contributed by atoms with E-state index in [1.54, 1.807) is 17.3 Å². The standard InChI is InChI=1S/C19H22N4O2/c1-14(15-6-5-10-20-13-15)21-19(25)22-16-7-4-8-17(12-16)23-11-3-2-9-18(23)24/h4-8,10,12-14H,2-3,9,11H2,1H3,(H2,21,22,25)/t14-/m0/s1. The van der Waals surface area contributed by atoms with Gasteiger partial charge in [0.05, 0.1) is 6.04 Å². The summed E-state index contributed by atoms with van der Waals surface area (Å²) in [7, 11) is 0. The van der Waals surface area contributed by atoms with Crippen LogP contribution in [0.2, 0.25) is 0 Å². The fourth-order valence-electron chi connectivity index (χ4n) is 2.91. The fraction of sp³-hybridized carbons (Fsp3) is 0.316. The molecule has 1 aliphatic heterocycles. The first-order valence-electron chi connectivity index (χ1n) is 8.51. The Morgan fingerprint density at radius 3 is 2.88 bits per heavy atom. The lowest BCUT2D eigenvalue weighted by atomic mass is 10.1. The molecule has 3 rings (SSSR count). The maximum absolute atomic E-state index is 12.2. The average molecular weight is 338 g/mol. The molecule has 1 atom stereocenters. The molecule has 6 heteroatoms. The van der Waals surface area contributed by atoms with Crippen molar-refractivity contribution in [1.82, 2.24) is 10.3 Å². The second-order valence-corrected chi connectivity index (χ2v) is 6.16. The zero-order chi connectivity index (χ0) is 17.6. The zero-order valence-electron chi connectivity index (χ0n) is 14.2. The van der Waals surface area contributed by atoms with E-state index in [0.717, 1.165) is 30.6 Å². The van der Waals surface area contributed by atoms with Crippen molar-refractivity contribution in [2.24, 2.45) is 0 Å². The highest BCUT2D eigenvalue weighted by atomic mass is 16.2. The number of hydrogen-bond acceptors (Lipinski definition) is 3. The van der Waals surface area contributed by atoms with Crippen molar-refractivity contribution >= 4 is 23.3 Å². The van der Waals surface area contributed by atoms with E-state index < -0.39 is 0 Å². The number of urea groups is 1. The number of pyridine rings is 1. The van der Waals surface area contributed by atoms with Crippen molar-refractivity contribution in [1.29, 1.82) is 0 Å². The van der Waals surface area contributed by atoms with Gasteiger partial charge >= 0.3 is 6.03 Å². The molecule has 1 saturated heterocycles. The molecule has 1 aromatic carbocycles. The summed E-state index contributed by atoms with van der Waals surface area (Å²) < 4.78 is 0. The lowest BCUT2D eigenvalue weighted by Crippen LogP contribution is -2.35. The second-order valence-electron chi connectivity index (χ2n) is 6.16. The van der Waals surface area contributed by atoms with E-state index in [4.69, 9.17) is 0 Å². The third-order valence-electron chi connectivity index (χ3n) is 4.27. The van der Waals surface area contributed by atoms with Crippen molar-refractivity contribution in [2.45, 2.75) is 32.2 Å². The number of hydrogen-bond donors (Lipinski definition) is 2. The number of benzene rings is 1. The number of aromatic nitrogens is 1. The van der Waals surface area contributed by atoms with Gasteiger partial charge in [0.2, 0.25) is 5.91 Å². The van der Waals surface area contributed by atoms with Gasteiger partial charge in [-0.25, -0.2) is 4.79 Å². The third kappa shape index (κ3) is 4.35. The molecule has 130 valence electrons. The fourth-order valence-corrected chi connectivity index (χ4v) is 2.91. The van der Waals surface area contributed by atoms with Crippen LogP contribution in [0.15, 0.2) is 48.8 Å². The smallest absolute Gasteiger partial charge is 0.319 e. The molecule has 1 fully saturated rings. The lowest BCUT2D eigenvalue weighted by Gasteiger charge is -2.27. The molecule has 1 aliphatic rings. The van der Waals surface area contributed by atoms with Gasteiger partial charge in [0, 0.05) is 36.7 Å². The predicted octanol–water partition coefficient (Wildman–Crippen LogP) is 3.48. The summed E-state index contributed by atoms with van der Waals surface area (Å²) in [6.45, 7) is 2.63. The van der Waals surface area contributed by atoms with E-state index in [1.165, 1.54) is 0 Å². The number of rotatable bonds is 4. The molecular weight excluding hydrogens is 316 g/mol. The maximum Gasteiger partial charge on any atom is 0.319 e. The summed E-state index contributed by atoms with van der Waals surface area (Å²) in [5.41, 5.74) is 2.42. The van der Waals surface area contributed by atoms with Crippen LogP contribution in [0.1, 0.15) is 37.8 Å². The van der Waals surface area contributed by atoms with E-state index in [0.29, 0.717) is 12.1 Å². The molecule has 2 heterocycles. The molecule has 0 bridgehead atoms. The number of anilines is 2. The third-order valence-corrected chi connectivity index (χ3v) is 4.27. The summed E-state index contributed by atoms with van der Waals surface area (Å²) in [6, 6.07) is 10.7. The molecule has 0 spiro atoms. The number of nitrogens with zero attached hydrogens (tertiary/aromatic N) is 2. The van der Waals surface area contributed by atoms with Crippen LogP contribution in [0.4, 0.5) is 16.2 Å². The van der Waals surface area contributed by atoms with Gasteiger partial charge in [-0.2, -0.15) is 0 Å². The number of nitrogens with one attached hydrogen (secondary N) is 2. The molecule has 2 aromatic rings. The molecule has 0 radical (unpaired) electrons. The molecule has 0 aliphatic carbocycles. The Bertz CT molecular complexity index is 748.